The zero-order chi connectivity index (χ0) is 10.4. The molecule has 3 nitrogen and oxygen atoms in total. The summed E-state index contributed by atoms with van der Waals surface area (Å²) in [4.78, 5) is 4.40. The third-order valence-corrected chi connectivity index (χ3v) is 3.00. The van der Waals surface area contributed by atoms with Crippen molar-refractivity contribution in [3.8, 4) is 0 Å². The molecule has 82 valence electrons. The molecule has 0 aliphatic heterocycles. The maximum absolute atomic E-state index is 5.74. The molecule has 1 fully saturated rings. The second-order valence-corrected chi connectivity index (χ2v) is 4.65. The van der Waals surface area contributed by atoms with Crippen LogP contribution in [0.5, 0.6) is 0 Å². The lowest BCUT2D eigenvalue weighted by Gasteiger charge is -2.20. The molecule has 0 bridgehead atoms. The minimum Gasteiger partial charge on any atom is -0.370 e. The van der Waals surface area contributed by atoms with Crippen LogP contribution in [0.3, 0.4) is 0 Å². The van der Waals surface area contributed by atoms with Crippen LogP contribution in [0, 0.1) is 5.41 Å². The van der Waals surface area contributed by atoms with Gasteiger partial charge in [-0.15, -0.1) is 0 Å². The zero-order valence-electron chi connectivity index (χ0n) is 9.47. The minimum atomic E-state index is 0.415. The highest BCUT2D eigenvalue weighted by Crippen LogP contribution is 2.37. The molecule has 0 aromatic carbocycles. The number of nitrogens with zero attached hydrogens (tertiary/aromatic N) is 1. The summed E-state index contributed by atoms with van der Waals surface area (Å²) in [6, 6.07) is 0. The van der Waals surface area contributed by atoms with E-state index in [1.54, 1.807) is 0 Å². The molecule has 1 aliphatic rings. The largest absolute Gasteiger partial charge is 0.370 e. The molecule has 0 amide bonds. The van der Waals surface area contributed by atoms with Gasteiger partial charge >= 0.3 is 0 Å². The number of hydrogen-bond donors (Lipinski definition) is 2. The molecule has 1 rings (SSSR count). The van der Waals surface area contributed by atoms with Gasteiger partial charge in [0.25, 0.3) is 0 Å². The van der Waals surface area contributed by atoms with Crippen molar-refractivity contribution in [2.75, 3.05) is 13.1 Å². The first-order chi connectivity index (χ1) is 6.66. The van der Waals surface area contributed by atoms with E-state index in [4.69, 9.17) is 5.73 Å². The molecular weight excluding hydrogens is 174 g/mol. The van der Waals surface area contributed by atoms with Crippen LogP contribution in [-0.4, -0.2) is 19.0 Å². The average Bonchev–Trinajstić information content (AvgIpc) is 2.60. The van der Waals surface area contributed by atoms with E-state index < -0.39 is 0 Å². The Morgan fingerprint density at radius 1 is 1.43 bits per heavy atom. The topological polar surface area (TPSA) is 50.4 Å². The van der Waals surface area contributed by atoms with E-state index in [2.05, 4.69) is 24.2 Å². The van der Waals surface area contributed by atoms with Crippen molar-refractivity contribution < 1.29 is 0 Å². The van der Waals surface area contributed by atoms with Crippen LogP contribution in [0.2, 0.25) is 0 Å². The summed E-state index contributed by atoms with van der Waals surface area (Å²) in [5.41, 5.74) is 6.15. The van der Waals surface area contributed by atoms with Gasteiger partial charge in [0.1, 0.15) is 0 Å². The Bertz CT molecular complexity index is 193. The molecule has 14 heavy (non-hydrogen) atoms. The molecule has 3 heteroatoms. The SMILES string of the molecule is CCCNC(N)=NCC1(C)CCCC1. The number of rotatable bonds is 4. The summed E-state index contributed by atoms with van der Waals surface area (Å²) in [5.74, 6) is 0.611. The molecule has 0 aromatic rings. The van der Waals surface area contributed by atoms with E-state index in [9.17, 15) is 0 Å². The molecule has 1 saturated carbocycles. The zero-order valence-corrected chi connectivity index (χ0v) is 9.47. The Morgan fingerprint density at radius 2 is 2.07 bits per heavy atom. The normalized spacial score (nSPS) is 21.1. The lowest BCUT2D eigenvalue weighted by atomic mass is 9.89. The summed E-state index contributed by atoms with van der Waals surface area (Å²) < 4.78 is 0. The van der Waals surface area contributed by atoms with Crippen LogP contribution >= 0.6 is 0 Å². The Hall–Kier alpha value is -0.730. The molecule has 3 N–H and O–H groups in total. The van der Waals surface area contributed by atoms with Gasteiger partial charge in [-0.3, -0.25) is 4.99 Å². The average molecular weight is 197 g/mol. The van der Waals surface area contributed by atoms with Crippen LogP contribution in [0.25, 0.3) is 0 Å². The number of hydrogen-bond acceptors (Lipinski definition) is 1. The van der Waals surface area contributed by atoms with Gasteiger partial charge in [-0.05, 0) is 24.7 Å². The van der Waals surface area contributed by atoms with E-state index in [0.717, 1.165) is 19.5 Å². The summed E-state index contributed by atoms with van der Waals surface area (Å²) in [6.45, 7) is 6.25. The van der Waals surface area contributed by atoms with Gasteiger partial charge in [0.15, 0.2) is 5.96 Å². The smallest absolute Gasteiger partial charge is 0.188 e. The predicted octanol–water partition coefficient (Wildman–Crippen LogP) is 1.88. The number of guanidine groups is 1. The second-order valence-electron chi connectivity index (χ2n) is 4.65. The molecule has 0 heterocycles. The highest BCUT2D eigenvalue weighted by Gasteiger charge is 2.28. The van der Waals surface area contributed by atoms with Gasteiger partial charge in [-0.2, -0.15) is 0 Å². The summed E-state index contributed by atoms with van der Waals surface area (Å²) in [5, 5.41) is 3.10. The third kappa shape index (κ3) is 3.56. The van der Waals surface area contributed by atoms with Crippen molar-refractivity contribution in [1.29, 1.82) is 0 Å². The lowest BCUT2D eigenvalue weighted by molar-refractivity contribution is 0.351. The Kier molecular flexibility index (Phi) is 4.23. The van der Waals surface area contributed by atoms with Gasteiger partial charge in [0.05, 0.1) is 0 Å². The Labute approximate surface area is 87.2 Å². The number of nitrogens with one attached hydrogen (secondary N) is 1. The highest BCUT2D eigenvalue weighted by atomic mass is 15.1. The van der Waals surface area contributed by atoms with Crippen LogP contribution in [0.1, 0.15) is 46.0 Å². The van der Waals surface area contributed by atoms with Crippen LogP contribution in [-0.2, 0) is 0 Å². The number of nitrogens with two attached hydrogens (primary N) is 1. The molecule has 0 aromatic heterocycles. The van der Waals surface area contributed by atoms with Crippen LogP contribution < -0.4 is 11.1 Å². The molecule has 0 radical (unpaired) electrons. The third-order valence-electron chi connectivity index (χ3n) is 3.00. The van der Waals surface area contributed by atoms with Crippen LogP contribution in [0.15, 0.2) is 4.99 Å². The van der Waals surface area contributed by atoms with E-state index in [1.165, 1.54) is 25.7 Å². The first-order valence-electron chi connectivity index (χ1n) is 5.70. The molecule has 1 aliphatic carbocycles. The Morgan fingerprint density at radius 3 is 2.64 bits per heavy atom. The maximum Gasteiger partial charge on any atom is 0.188 e. The second kappa shape index (κ2) is 5.23. The van der Waals surface area contributed by atoms with Crippen molar-refractivity contribution in [1.82, 2.24) is 5.32 Å². The maximum atomic E-state index is 5.74. The Balaban J connectivity index is 2.29. The molecule has 0 unspecified atom stereocenters. The fourth-order valence-electron chi connectivity index (χ4n) is 1.97. The van der Waals surface area contributed by atoms with Crippen molar-refractivity contribution >= 4 is 5.96 Å². The first kappa shape index (κ1) is 11.3. The lowest BCUT2D eigenvalue weighted by Crippen LogP contribution is -2.33. The van der Waals surface area contributed by atoms with Gasteiger partial charge < -0.3 is 11.1 Å². The summed E-state index contributed by atoms with van der Waals surface area (Å²) in [7, 11) is 0. The van der Waals surface area contributed by atoms with E-state index >= 15 is 0 Å². The number of aliphatic imine (C=N–C) groups is 1. The van der Waals surface area contributed by atoms with Gasteiger partial charge in [0.2, 0.25) is 0 Å². The van der Waals surface area contributed by atoms with E-state index in [-0.39, 0.29) is 0 Å². The minimum absolute atomic E-state index is 0.415. The van der Waals surface area contributed by atoms with E-state index in [1.807, 2.05) is 0 Å². The quantitative estimate of drug-likeness (QED) is 0.534. The van der Waals surface area contributed by atoms with Gasteiger partial charge in [-0.1, -0.05) is 26.7 Å². The van der Waals surface area contributed by atoms with Crippen molar-refractivity contribution in [2.24, 2.45) is 16.1 Å². The highest BCUT2D eigenvalue weighted by molar-refractivity contribution is 5.77. The summed E-state index contributed by atoms with van der Waals surface area (Å²) in [6.07, 6.45) is 6.41. The summed E-state index contributed by atoms with van der Waals surface area (Å²) >= 11 is 0. The molecule has 0 spiro atoms. The van der Waals surface area contributed by atoms with Crippen molar-refractivity contribution in [2.45, 2.75) is 46.0 Å². The fourth-order valence-corrected chi connectivity index (χ4v) is 1.97. The molecular formula is C11H23N3. The molecule has 0 atom stereocenters. The van der Waals surface area contributed by atoms with Gasteiger partial charge in [-0.25, -0.2) is 0 Å². The van der Waals surface area contributed by atoms with Crippen molar-refractivity contribution in [3.05, 3.63) is 0 Å². The van der Waals surface area contributed by atoms with Gasteiger partial charge in [0, 0.05) is 13.1 Å². The molecule has 0 saturated heterocycles. The standard InChI is InChI=1S/C11H23N3/c1-3-8-13-10(12)14-9-11(2)6-4-5-7-11/h3-9H2,1-2H3,(H3,12,13,14). The predicted molar refractivity (Wildman–Crippen MR) is 61.4 cm³/mol. The monoisotopic (exact) mass is 197 g/mol. The van der Waals surface area contributed by atoms with E-state index in [0.29, 0.717) is 11.4 Å². The van der Waals surface area contributed by atoms with Crippen LogP contribution in [0.4, 0.5) is 0 Å². The fraction of sp³-hybridized carbons (Fsp3) is 0.909. The first-order valence-corrected chi connectivity index (χ1v) is 5.70. The van der Waals surface area contributed by atoms with Crippen molar-refractivity contribution in [3.63, 3.8) is 0 Å².